The highest BCUT2D eigenvalue weighted by Crippen LogP contribution is 2.28. The summed E-state index contributed by atoms with van der Waals surface area (Å²) in [6.07, 6.45) is 3.58. The quantitative estimate of drug-likeness (QED) is 0.801. The average molecular weight is 258 g/mol. The Balaban J connectivity index is 2.23. The van der Waals surface area contributed by atoms with E-state index in [0.29, 0.717) is 24.9 Å². The molecule has 1 aliphatic rings. The zero-order valence-electron chi connectivity index (χ0n) is 11.0. The largest absolute Gasteiger partial charge is 0.453 e. The van der Waals surface area contributed by atoms with Crippen molar-refractivity contribution in [2.24, 2.45) is 11.8 Å². The van der Waals surface area contributed by atoms with Crippen LogP contribution >= 0.6 is 0 Å². The molecule has 2 amide bonds. The van der Waals surface area contributed by atoms with Crippen molar-refractivity contribution in [3.8, 4) is 0 Å². The molecule has 0 heterocycles. The van der Waals surface area contributed by atoms with Gasteiger partial charge in [-0.25, -0.2) is 9.59 Å². The van der Waals surface area contributed by atoms with Gasteiger partial charge in [-0.1, -0.05) is 6.42 Å². The molecule has 1 saturated carbocycles. The summed E-state index contributed by atoms with van der Waals surface area (Å²) in [6.45, 7) is 1.28. The molecule has 0 saturated heterocycles. The molecule has 0 aromatic carbocycles. The smallest absolute Gasteiger partial charge is 0.406 e. The van der Waals surface area contributed by atoms with Crippen LogP contribution in [-0.2, 0) is 9.47 Å². The van der Waals surface area contributed by atoms with Crippen LogP contribution in [0.1, 0.15) is 25.7 Å². The predicted molar refractivity (Wildman–Crippen MR) is 66.3 cm³/mol. The predicted octanol–water partition coefficient (Wildman–Crippen LogP) is 1.50. The van der Waals surface area contributed by atoms with E-state index in [1.165, 1.54) is 14.2 Å². The molecule has 2 atom stereocenters. The highest BCUT2D eigenvalue weighted by atomic mass is 16.5. The molecule has 2 N–H and O–H groups in total. The van der Waals surface area contributed by atoms with Crippen molar-refractivity contribution in [1.82, 2.24) is 10.6 Å². The number of amides is 2. The van der Waals surface area contributed by atoms with Crippen LogP contribution in [0.3, 0.4) is 0 Å². The van der Waals surface area contributed by atoms with Crippen molar-refractivity contribution in [2.45, 2.75) is 25.7 Å². The summed E-state index contributed by atoms with van der Waals surface area (Å²) in [5.41, 5.74) is 0. The third-order valence-electron chi connectivity index (χ3n) is 3.33. The first-order chi connectivity index (χ1) is 8.65. The second-order valence-electron chi connectivity index (χ2n) is 4.64. The van der Waals surface area contributed by atoms with Gasteiger partial charge < -0.3 is 20.1 Å². The molecule has 18 heavy (non-hydrogen) atoms. The Morgan fingerprint density at radius 1 is 1.00 bits per heavy atom. The zero-order valence-corrected chi connectivity index (χ0v) is 11.0. The van der Waals surface area contributed by atoms with Crippen LogP contribution in [-0.4, -0.2) is 39.5 Å². The Labute approximate surface area is 107 Å². The Morgan fingerprint density at radius 2 is 1.44 bits per heavy atom. The number of ether oxygens (including phenoxy) is 2. The van der Waals surface area contributed by atoms with Crippen LogP contribution in [0, 0.1) is 11.8 Å². The van der Waals surface area contributed by atoms with Crippen molar-refractivity contribution in [3.63, 3.8) is 0 Å². The summed E-state index contributed by atoms with van der Waals surface area (Å²) in [6, 6.07) is 0. The Hall–Kier alpha value is -1.46. The minimum atomic E-state index is -0.384. The molecule has 0 aromatic heterocycles. The van der Waals surface area contributed by atoms with Crippen molar-refractivity contribution in [3.05, 3.63) is 0 Å². The molecule has 0 unspecified atom stereocenters. The van der Waals surface area contributed by atoms with Gasteiger partial charge >= 0.3 is 12.2 Å². The molecule has 0 radical (unpaired) electrons. The topological polar surface area (TPSA) is 76.7 Å². The van der Waals surface area contributed by atoms with Crippen LogP contribution in [0.5, 0.6) is 0 Å². The van der Waals surface area contributed by atoms with E-state index in [0.717, 1.165) is 25.7 Å². The summed E-state index contributed by atoms with van der Waals surface area (Å²) in [4.78, 5) is 22.0. The summed E-state index contributed by atoms with van der Waals surface area (Å²) >= 11 is 0. The molecule has 104 valence electrons. The lowest BCUT2D eigenvalue weighted by Crippen LogP contribution is -2.35. The number of rotatable bonds is 4. The molecular formula is C12H22N2O4. The SMILES string of the molecule is COC(=O)NC[C@@H]1CCC[C@@H](CNC(=O)OC)C1. The number of methoxy groups -OCH3 is 2. The van der Waals surface area contributed by atoms with Crippen molar-refractivity contribution < 1.29 is 19.1 Å². The van der Waals surface area contributed by atoms with Gasteiger partial charge in [0.2, 0.25) is 0 Å². The van der Waals surface area contributed by atoms with E-state index in [2.05, 4.69) is 20.1 Å². The minimum absolute atomic E-state index is 0.384. The molecule has 0 bridgehead atoms. The fourth-order valence-corrected chi connectivity index (χ4v) is 2.37. The third-order valence-corrected chi connectivity index (χ3v) is 3.33. The lowest BCUT2D eigenvalue weighted by atomic mass is 9.81. The van der Waals surface area contributed by atoms with Gasteiger partial charge in [0.25, 0.3) is 0 Å². The second kappa shape index (κ2) is 7.79. The van der Waals surface area contributed by atoms with Crippen LogP contribution in [0.15, 0.2) is 0 Å². The molecule has 0 aromatic rings. The molecule has 0 aliphatic heterocycles. The maximum Gasteiger partial charge on any atom is 0.406 e. The number of carbonyl (C=O) groups excluding carboxylic acids is 2. The van der Waals surface area contributed by atoms with Gasteiger partial charge in [0.15, 0.2) is 0 Å². The molecule has 6 nitrogen and oxygen atoms in total. The number of alkyl carbamates (subject to hydrolysis) is 2. The Kier molecular flexibility index (Phi) is 6.32. The first-order valence-corrected chi connectivity index (χ1v) is 6.29. The monoisotopic (exact) mass is 258 g/mol. The fourth-order valence-electron chi connectivity index (χ4n) is 2.37. The Bertz CT molecular complexity index is 257. The van der Waals surface area contributed by atoms with E-state index in [1.807, 2.05) is 0 Å². The van der Waals surface area contributed by atoms with Gasteiger partial charge in [-0.3, -0.25) is 0 Å². The van der Waals surface area contributed by atoms with E-state index < -0.39 is 0 Å². The first kappa shape index (κ1) is 14.6. The standard InChI is InChI=1S/C12H22N2O4/c1-17-11(15)13-7-9-4-3-5-10(6-9)8-14-12(16)18-2/h9-10H,3-8H2,1-2H3,(H,13,15)(H,14,16)/t9-,10-/m1/s1. The van der Waals surface area contributed by atoms with Gasteiger partial charge in [-0.15, -0.1) is 0 Å². The normalized spacial score (nSPS) is 23.0. The van der Waals surface area contributed by atoms with E-state index in [9.17, 15) is 9.59 Å². The summed E-state index contributed by atoms with van der Waals surface area (Å²) in [7, 11) is 2.72. The van der Waals surface area contributed by atoms with Crippen LogP contribution < -0.4 is 10.6 Å². The lowest BCUT2D eigenvalue weighted by molar-refractivity contribution is 0.161. The number of carbonyl (C=O) groups is 2. The number of nitrogens with one attached hydrogen (secondary N) is 2. The van der Waals surface area contributed by atoms with Gasteiger partial charge in [-0.05, 0) is 31.1 Å². The maximum atomic E-state index is 11.0. The van der Waals surface area contributed by atoms with E-state index in [-0.39, 0.29) is 12.2 Å². The van der Waals surface area contributed by atoms with Gasteiger partial charge in [0, 0.05) is 13.1 Å². The molecule has 6 heteroatoms. The van der Waals surface area contributed by atoms with Crippen LogP contribution in [0.2, 0.25) is 0 Å². The highest BCUT2D eigenvalue weighted by molar-refractivity contribution is 5.67. The first-order valence-electron chi connectivity index (χ1n) is 6.29. The van der Waals surface area contributed by atoms with Crippen LogP contribution in [0.4, 0.5) is 9.59 Å². The van der Waals surface area contributed by atoms with Crippen LogP contribution in [0.25, 0.3) is 0 Å². The number of hydrogen-bond acceptors (Lipinski definition) is 4. The summed E-state index contributed by atoms with van der Waals surface area (Å²) in [5, 5.41) is 5.45. The fraction of sp³-hybridized carbons (Fsp3) is 0.833. The van der Waals surface area contributed by atoms with E-state index >= 15 is 0 Å². The third kappa shape index (κ3) is 5.25. The molecule has 0 spiro atoms. The zero-order chi connectivity index (χ0) is 13.4. The molecule has 1 fully saturated rings. The second-order valence-corrected chi connectivity index (χ2v) is 4.64. The van der Waals surface area contributed by atoms with Gasteiger partial charge in [-0.2, -0.15) is 0 Å². The summed E-state index contributed by atoms with van der Waals surface area (Å²) in [5.74, 6) is 0.921. The van der Waals surface area contributed by atoms with E-state index in [4.69, 9.17) is 0 Å². The molecular weight excluding hydrogens is 236 g/mol. The van der Waals surface area contributed by atoms with Gasteiger partial charge in [0.05, 0.1) is 14.2 Å². The molecule has 1 aliphatic carbocycles. The highest BCUT2D eigenvalue weighted by Gasteiger charge is 2.22. The van der Waals surface area contributed by atoms with Gasteiger partial charge in [0.1, 0.15) is 0 Å². The maximum absolute atomic E-state index is 11.0. The Morgan fingerprint density at radius 3 is 1.83 bits per heavy atom. The van der Waals surface area contributed by atoms with Crippen molar-refractivity contribution >= 4 is 12.2 Å². The molecule has 1 rings (SSSR count). The lowest BCUT2D eigenvalue weighted by Gasteiger charge is -2.29. The summed E-state index contributed by atoms with van der Waals surface area (Å²) < 4.78 is 9.08. The minimum Gasteiger partial charge on any atom is -0.453 e. The van der Waals surface area contributed by atoms with E-state index in [1.54, 1.807) is 0 Å². The van der Waals surface area contributed by atoms with Crippen molar-refractivity contribution in [1.29, 1.82) is 0 Å². The average Bonchev–Trinajstić information content (AvgIpc) is 2.42. The number of hydrogen-bond donors (Lipinski definition) is 2. The van der Waals surface area contributed by atoms with Crippen molar-refractivity contribution in [2.75, 3.05) is 27.3 Å².